The quantitative estimate of drug-likeness (QED) is 0.850. The Morgan fingerprint density at radius 2 is 1.78 bits per heavy atom. The fraction of sp³-hybridized carbons (Fsp3) is 0.235. The van der Waals surface area contributed by atoms with Crippen LogP contribution in [-0.2, 0) is 21.2 Å². The van der Waals surface area contributed by atoms with Gasteiger partial charge in [-0.3, -0.25) is 0 Å². The molecular weight excluding hydrogens is 314 g/mol. The topological polar surface area (TPSA) is 63.7 Å². The van der Waals surface area contributed by atoms with E-state index < -0.39 is 28.3 Å². The van der Waals surface area contributed by atoms with Crippen LogP contribution in [0.15, 0.2) is 53.4 Å². The number of carbonyl (C=O) groups is 1. The first-order valence-corrected chi connectivity index (χ1v) is 8.82. The van der Waals surface area contributed by atoms with Crippen LogP contribution < -0.4 is 0 Å². The van der Waals surface area contributed by atoms with Crippen LogP contribution in [0.2, 0.25) is 0 Å². The predicted octanol–water partition coefficient (Wildman–Crippen LogP) is 2.80. The second-order valence-electron chi connectivity index (χ2n) is 5.88. The van der Waals surface area contributed by atoms with Gasteiger partial charge >= 0.3 is 6.09 Å². The van der Waals surface area contributed by atoms with Gasteiger partial charge in [0, 0.05) is 6.42 Å². The molecule has 4 rings (SSSR count). The minimum Gasteiger partial charge on any atom is -0.442 e. The molecule has 0 spiro atoms. The van der Waals surface area contributed by atoms with Gasteiger partial charge in [-0.1, -0.05) is 42.0 Å². The number of hydrogen-bond acceptors (Lipinski definition) is 4. The summed E-state index contributed by atoms with van der Waals surface area (Å²) in [4.78, 5) is 12.3. The minimum atomic E-state index is -3.94. The second-order valence-corrected chi connectivity index (χ2v) is 7.70. The van der Waals surface area contributed by atoms with E-state index in [1.165, 1.54) is 12.1 Å². The predicted molar refractivity (Wildman–Crippen MR) is 83.4 cm³/mol. The van der Waals surface area contributed by atoms with Gasteiger partial charge in [-0.05, 0) is 30.2 Å². The Hall–Kier alpha value is -2.34. The first-order valence-electron chi connectivity index (χ1n) is 7.38. The number of aryl methyl sites for hydroxylation is 1. The molecule has 2 atom stereocenters. The van der Waals surface area contributed by atoms with Gasteiger partial charge in [-0.25, -0.2) is 13.2 Å². The molecule has 0 saturated carbocycles. The summed E-state index contributed by atoms with van der Waals surface area (Å²) < 4.78 is 32.1. The summed E-state index contributed by atoms with van der Waals surface area (Å²) in [6.45, 7) is 1.88. The van der Waals surface area contributed by atoms with E-state index in [2.05, 4.69) is 0 Å². The van der Waals surface area contributed by atoms with Crippen LogP contribution >= 0.6 is 0 Å². The molecule has 5 nitrogen and oxygen atoms in total. The molecule has 1 saturated heterocycles. The van der Waals surface area contributed by atoms with Crippen LogP contribution in [0, 0.1) is 6.92 Å². The molecule has 1 fully saturated rings. The SMILES string of the molecule is Cc1ccc(S(=O)(=O)N2C(=O)O[C@H]3Cc4ccccc4[C@H]32)cc1. The Labute approximate surface area is 134 Å². The van der Waals surface area contributed by atoms with Crippen LogP contribution in [-0.4, -0.2) is 24.9 Å². The third kappa shape index (κ3) is 2.05. The lowest BCUT2D eigenvalue weighted by Crippen LogP contribution is -2.34. The number of hydrogen-bond donors (Lipinski definition) is 0. The normalized spacial score (nSPS) is 22.7. The van der Waals surface area contributed by atoms with Crippen LogP contribution in [0.25, 0.3) is 0 Å². The van der Waals surface area contributed by atoms with Crippen LogP contribution in [0.4, 0.5) is 4.79 Å². The molecule has 0 aromatic heterocycles. The summed E-state index contributed by atoms with van der Waals surface area (Å²) >= 11 is 0. The fourth-order valence-electron chi connectivity index (χ4n) is 3.29. The highest BCUT2D eigenvalue weighted by atomic mass is 32.2. The van der Waals surface area contributed by atoms with Gasteiger partial charge in [0.1, 0.15) is 12.1 Å². The second kappa shape index (κ2) is 4.83. The van der Waals surface area contributed by atoms with Gasteiger partial charge in [0.15, 0.2) is 0 Å². The van der Waals surface area contributed by atoms with Gasteiger partial charge in [-0.2, -0.15) is 4.31 Å². The average Bonchev–Trinajstić information content (AvgIpc) is 3.02. The summed E-state index contributed by atoms with van der Waals surface area (Å²) in [6.07, 6.45) is -0.692. The van der Waals surface area contributed by atoms with Crippen LogP contribution in [0.3, 0.4) is 0 Å². The Morgan fingerprint density at radius 3 is 2.52 bits per heavy atom. The van der Waals surface area contributed by atoms with Crippen molar-refractivity contribution >= 4 is 16.1 Å². The highest BCUT2D eigenvalue weighted by Gasteiger charge is 2.52. The maximum Gasteiger partial charge on any atom is 0.424 e. The van der Waals surface area contributed by atoms with Gasteiger partial charge in [-0.15, -0.1) is 0 Å². The van der Waals surface area contributed by atoms with Gasteiger partial charge < -0.3 is 4.74 Å². The van der Waals surface area contributed by atoms with Gasteiger partial charge in [0.2, 0.25) is 0 Å². The van der Waals surface area contributed by atoms with E-state index in [0.717, 1.165) is 21.0 Å². The fourth-order valence-corrected chi connectivity index (χ4v) is 4.78. The maximum atomic E-state index is 12.9. The van der Waals surface area contributed by atoms with Crippen molar-refractivity contribution < 1.29 is 17.9 Å². The third-order valence-corrected chi connectivity index (χ3v) is 6.17. The molecule has 0 N–H and O–H groups in total. The average molecular weight is 329 g/mol. The molecule has 118 valence electrons. The molecule has 6 heteroatoms. The molecule has 2 aromatic rings. The van der Waals surface area contributed by atoms with Crippen molar-refractivity contribution in [2.75, 3.05) is 0 Å². The Morgan fingerprint density at radius 1 is 1.09 bits per heavy atom. The molecule has 23 heavy (non-hydrogen) atoms. The van der Waals surface area contributed by atoms with Gasteiger partial charge in [0.05, 0.1) is 4.90 Å². The van der Waals surface area contributed by atoms with E-state index >= 15 is 0 Å². The standard InChI is InChI=1S/C17H15NO4S/c1-11-6-8-13(9-7-11)23(20,21)18-16-14-5-3-2-4-12(14)10-15(16)22-17(18)19/h2-9,15-16H,10H2,1H3/t15-,16+/m0/s1. The monoisotopic (exact) mass is 329 g/mol. The third-order valence-electron chi connectivity index (χ3n) is 4.41. The molecule has 1 amide bonds. The van der Waals surface area contributed by atoms with Crippen molar-refractivity contribution in [3.05, 3.63) is 65.2 Å². The van der Waals surface area contributed by atoms with E-state index in [9.17, 15) is 13.2 Å². The summed E-state index contributed by atoms with van der Waals surface area (Å²) in [5.41, 5.74) is 2.83. The molecule has 1 aliphatic heterocycles. The number of fused-ring (bicyclic) bond motifs is 3. The Balaban J connectivity index is 1.81. The molecule has 1 heterocycles. The number of rotatable bonds is 2. The summed E-state index contributed by atoms with van der Waals surface area (Å²) in [6, 6.07) is 13.4. The van der Waals surface area contributed by atoms with Gasteiger partial charge in [0.25, 0.3) is 10.0 Å². The maximum absolute atomic E-state index is 12.9. The minimum absolute atomic E-state index is 0.102. The van der Waals surface area contributed by atoms with E-state index in [1.54, 1.807) is 12.1 Å². The van der Waals surface area contributed by atoms with E-state index in [1.807, 2.05) is 31.2 Å². The van der Waals surface area contributed by atoms with Crippen molar-refractivity contribution in [2.24, 2.45) is 0 Å². The molecule has 2 aromatic carbocycles. The first-order chi connectivity index (χ1) is 11.0. The van der Waals surface area contributed by atoms with Crippen molar-refractivity contribution in [1.82, 2.24) is 4.31 Å². The highest BCUT2D eigenvalue weighted by Crippen LogP contribution is 2.45. The zero-order chi connectivity index (χ0) is 16.2. The zero-order valence-corrected chi connectivity index (χ0v) is 13.3. The summed E-state index contributed by atoms with van der Waals surface area (Å²) in [7, 11) is -3.94. The van der Waals surface area contributed by atoms with E-state index in [0.29, 0.717) is 6.42 Å². The number of amides is 1. The molecule has 0 bridgehead atoms. The van der Waals surface area contributed by atoms with Crippen molar-refractivity contribution in [3.63, 3.8) is 0 Å². The van der Waals surface area contributed by atoms with Crippen molar-refractivity contribution in [2.45, 2.75) is 30.4 Å². The lowest BCUT2D eigenvalue weighted by Gasteiger charge is -2.21. The molecule has 1 aliphatic carbocycles. The Kier molecular flexibility index (Phi) is 2.99. The summed E-state index contributed by atoms with van der Waals surface area (Å²) in [5, 5.41) is 0. The molecule has 0 unspecified atom stereocenters. The number of sulfonamides is 1. The lowest BCUT2D eigenvalue weighted by molar-refractivity contribution is 0.135. The number of nitrogens with zero attached hydrogens (tertiary/aromatic N) is 1. The highest BCUT2D eigenvalue weighted by molar-refractivity contribution is 7.89. The zero-order valence-electron chi connectivity index (χ0n) is 12.5. The smallest absolute Gasteiger partial charge is 0.424 e. The van der Waals surface area contributed by atoms with E-state index in [-0.39, 0.29) is 4.90 Å². The lowest BCUT2D eigenvalue weighted by atomic mass is 10.1. The van der Waals surface area contributed by atoms with Crippen molar-refractivity contribution in [3.8, 4) is 0 Å². The largest absolute Gasteiger partial charge is 0.442 e. The Bertz CT molecular complexity index is 889. The number of benzene rings is 2. The van der Waals surface area contributed by atoms with Crippen LogP contribution in [0.5, 0.6) is 0 Å². The van der Waals surface area contributed by atoms with Crippen molar-refractivity contribution in [1.29, 1.82) is 0 Å². The first kappa shape index (κ1) is 14.3. The van der Waals surface area contributed by atoms with E-state index in [4.69, 9.17) is 4.74 Å². The molecular formula is C17H15NO4S. The number of carbonyl (C=O) groups excluding carboxylic acids is 1. The summed E-state index contributed by atoms with van der Waals surface area (Å²) in [5.74, 6) is 0. The number of ether oxygens (including phenoxy) is 1. The molecule has 0 radical (unpaired) electrons. The molecule has 2 aliphatic rings. The van der Waals surface area contributed by atoms with Crippen LogP contribution in [0.1, 0.15) is 22.7 Å².